The van der Waals surface area contributed by atoms with Gasteiger partial charge in [0.1, 0.15) is 0 Å². The molecule has 1 aliphatic carbocycles. The second kappa shape index (κ2) is 4.77. The normalized spacial score (nSPS) is 13.1. The van der Waals surface area contributed by atoms with Gasteiger partial charge in [-0.3, -0.25) is 0 Å². The van der Waals surface area contributed by atoms with Gasteiger partial charge >= 0.3 is 0 Å². The van der Waals surface area contributed by atoms with Crippen molar-refractivity contribution in [1.29, 1.82) is 0 Å². The average molecular weight is 247 g/mol. The SMILES string of the molecule is C=Cc1c(/C=C\C)c2c(n1-c1ccccc1)CC=C2. The molecule has 19 heavy (non-hydrogen) atoms. The van der Waals surface area contributed by atoms with E-state index in [4.69, 9.17) is 0 Å². The molecule has 0 spiro atoms. The van der Waals surface area contributed by atoms with E-state index in [0.717, 1.165) is 6.42 Å². The van der Waals surface area contributed by atoms with Crippen LogP contribution in [-0.2, 0) is 6.42 Å². The summed E-state index contributed by atoms with van der Waals surface area (Å²) in [5.74, 6) is 0. The lowest BCUT2D eigenvalue weighted by Crippen LogP contribution is -2.00. The van der Waals surface area contributed by atoms with Gasteiger partial charge in [0.2, 0.25) is 0 Å². The summed E-state index contributed by atoms with van der Waals surface area (Å²) < 4.78 is 2.32. The van der Waals surface area contributed by atoms with Crippen LogP contribution >= 0.6 is 0 Å². The van der Waals surface area contributed by atoms with Gasteiger partial charge < -0.3 is 4.57 Å². The van der Waals surface area contributed by atoms with Gasteiger partial charge in [0.05, 0.1) is 5.69 Å². The average Bonchev–Trinajstić information content (AvgIpc) is 3.01. The quantitative estimate of drug-likeness (QED) is 0.739. The monoisotopic (exact) mass is 247 g/mol. The Balaban J connectivity index is 2.32. The molecule has 1 heterocycles. The van der Waals surface area contributed by atoms with Gasteiger partial charge in [-0.15, -0.1) is 0 Å². The summed E-state index contributed by atoms with van der Waals surface area (Å²) in [5, 5.41) is 0. The number of para-hydroxylation sites is 1. The molecule has 0 amide bonds. The fourth-order valence-corrected chi connectivity index (χ4v) is 2.77. The third-order valence-electron chi connectivity index (χ3n) is 3.52. The highest BCUT2D eigenvalue weighted by Crippen LogP contribution is 2.33. The smallest absolute Gasteiger partial charge is 0.0531 e. The molecule has 1 heteroatoms. The van der Waals surface area contributed by atoms with Crippen molar-refractivity contribution in [1.82, 2.24) is 4.57 Å². The third kappa shape index (κ3) is 1.78. The Labute approximate surface area is 114 Å². The summed E-state index contributed by atoms with van der Waals surface area (Å²) in [6.07, 6.45) is 11.6. The fraction of sp³-hybridized carbons (Fsp3) is 0.111. The largest absolute Gasteiger partial charge is 0.313 e. The minimum absolute atomic E-state index is 0.989. The lowest BCUT2D eigenvalue weighted by atomic mass is 10.1. The fourth-order valence-electron chi connectivity index (χ4n) is 2.77. The standard InChI is InChI=1S/C18H17N/c1-3-9-15-16-12-8-13-18(16)19(17(15)4-2)14-10-6-5-7-11-14/h3-12H,2,13H2,1H3/b9-3-. The Morgan fingerprint density at radius 3 is 2.68 bits per heavy atom. The van der Waals surface area contributed by atoms with E-state index in [2.05, 4.69) is 66.6 Å². The van der Waals surface area contributed by atoms with Crippen molar-refractivity contribution in [2.45, 2.75) is 13.3 Å². The van der Waals surface area contributed by atoms with Crippen LogP contribution in [0.1, 0.15) is 29.4 Å². The van der Waals surface area contributed by atoms with Gasteiger partial charge in [0.15, 0.2) is 0 Å². The molecule has 0 bridgehead atoms. The first-order chi connectivity index (χ1) is 9.36. The molecule has 0 atom stereocenters. The second-order valence-electron chi connectivity index (χ2n) is 4.64. The maximum absolute atomic E-state index is 3.99. The molecule has 0 saturated heterocycles. The van der Waals surface area contributed by atoms with E-state index in [0.29, 0.717) is 0 Å². The molecule has 0 aliphatic heterocycles. The van der Waals surface area contributed by atoms with Crippen LogP contribution in [0.3, 0.4) is 0 Å². The number of rotatable bonds is 3. The van der Waals surface area contributed by atoms with Crippen LogP contribution in [0.2, 0.25) is 0 Å². The van der Waals surface area contributed by atoms with Crippen LogP contribution in [-0.4, -0.2) is 4.57 Å². The van der Waals surface area contributed by atoms with Crippen LogP contribution in [0, 0.1) is 0 Å². The third-order valence-corrected chi connectivity index (χ3v) is 3.52. The van der Waals surface area contributed by atoms with Gasteiger partial charge in [0.25, 0.3) is 0 Å². The predicted molar refractivity (Wildman–Crippen MR) is 83.3 cm³/mol. The minimum Gasteiger partial charge on any atom is -0.313 e. The van der Waals surface area contributed by atoms with E-state index >= 15 is 0 Å². The van der Waals surface area contributed by atoms with Crippen LogP contribution in [0.15, 0.2) is 49.1 Å². The highest BCUT2D eigenvalue weighted by atomic mass is 15.0. The van der Waals surface area contributed by atoms with Crippen molar-refractivity contribution in [2.75, 3.05) is 0 Å². The Kier molecular flexibility index (Phi) is 2.96. The van der Waals surface area contributed by atoms with Gasteiger partial charge in [-0.05, 0) is 25.1 Å². The summed E-state index contributed by atoms with van der Waals surface area (Å²) in [4.78, 5) is 0. The lowest BCUT2D eigenvalue weighted by Gasteiger charge is -2.10. The highest BCUT2D eigenvalue weighted by molar-refractivity contribution is 5.78. The zero-order valence-electron chi connectivity index (χ0n) is 11.1. The number of benzene rings is 1. The molecule has 94 valence electrons. The van der Waals surface area contributed by atoms with Crippen molar-refractivity contribution in [3.05, 3.63) is 71.6 Å². The topological polar surface area (TPSA) is 4.93 Å². The lowest BCUT2D eigenvalue weighted by molar-refractivity contribution is 0.970. The Bertz CT molecular complexity index is 669. The van der Waals surface area contributed by atoms with Crippen LogP contribution < -0.4 is 0 Å². The van der Waals surface area contributed by atoms with E-state index in [1.807, 2.05) is 12.1 Å². The molecular weight excluding hydrogens is 230 g/mol. The number of aromatic nitrogens is 1. The predicted octanol–water partition coefficient (Wildman–Crippen LogP) is 4.72. The molecule has 0 N–H and O–H groups in total. The maximum Gasteiger partial charge on any atom is 0.0531 e. The maximum atomic E-state index is 3.99. The molecule has 0 saturated carbocycles. The summed E-state index contributed by atoms with van der Waals surface area (Å²) in [5.41, 5.74) is 6.34. The molecule has 1 aromatic carbocycles. The van der Waals surface area contributed by atoms with Crippen LogP contribution in [0.5, 0.6) is 0 Å². The van der Waals surface area contributed by atoms with Crippen molar-refractivity contribution in [3.63, 3.8) is 0 Å². The molecule has 1 nitrogen and oxygen atoms in total. The number of hydrogen-bond acceptors (Lipinski definition) is 0. The molecule has 3 rings (SSSR count). The molecule has 2 aromatic rings. The van der Waals surface area contributed by atoms with Gasteiger partial charge in [-0.1, -0.05) is 49.1 Å². The van der Waals surface area contributed by atoms with E-state index in [9.17, 15) is 0 Å². The Morgan fingerprint density at radius 2 is 2.00 bits per heavy atom. The number of allylic oxidation sites excluding steroid dienone is 2. The van der Waals surface area contributed by atoms with Crippen molar-refractivity contribution in [3.8, 4) is 5.69 Å². The van der Waals surface area contributed by atoms with Gasteiger partial charge in [0, 0.05) is 28.9 Å². The number of nitrogens with zero attached hydrogens (tertiary/aromatic N) is 1. The minimum atomic E-state index is 0.989. The summed E-state index contributed by atoms with van der Waals surface area (Å²) in [6.45, 7) is 6.05. The molecule has 0 radical (unpaired) electrons. The summed E-state index contributed by atoms with van der Waals surface area (Å²) in [7, 11) is 0. The van der Waals surface area contributed by atoms with Gasteiger partial charge in [-0.25, -0.2) is 0 Å². The highest BCUT2D eigenvalue weighted by Gasteiger charge is 2.20. The zero-order valence-corrected chi connectivity index (χ0v) is 11.1. The first-order valence-corrected chi connectivity index (χ1v) is 6.61. The molecular formula is C18H17N. The van der Waals surface area contributed by atoms with Crippen molar-refractivity contribution >= 4 is 18.2 Å². The number of fused-ring (bicyclic) bond motifs is 1. The molecule has 0 unspecified atom stereocenters. The van der Waals surface area contributed by atoms with Crippen molar-refractivity contribution < 1.29 is 0 Å². The summed E-state index contributed by atoms with van der Waals surface area (Å²) >= 11 is 0. The van der Waals surface area contributed by atoms with Crippen LogP contribution in [0.4, 0.5) is 0 Å². The molecule has 0 fully saturated rings. The summed E-state index contributed by atoms with van der Waals surface area (Å²) in [6, 6.07) is 10.5. The van der Waals surface area contributed by atoms with Crippen LogP contribution in [0.25, 0.3) is 23.9 Å². The molecule has 1 aromatic heterocycles. The van der Waals surface area contributed by atoms with E-state index in [1.165, 1.54) is 28.2 Å². The van der Waals surface area contributed by atoms with Gasteiger partial charge in [-0.2, -0.15) is 0 Å². The Morgan fingerprint density at radius 1 is 1.21 bits per heavy atom. The number of hydrogen-bond donors (Lipinski definition) is 0. The Hall–Kier alpha value is -2.28. The van der Waals surface area contributed by atoms with E-state index < -0.39 is 0 Å². The van der Waals surface area contributed by atoms with E-state index in [1.54, 1.807) is 0 Å². The second-order valence-corrected chi connectivity index (χ2v) is 4.64. The first-order valence-electron chi connectivity index (χ1n) is 6.61. The zero-order chi connectivity index (χ0) is 13.2. The molecule has 1 aliphatic rings. The first kappa shape index (κ1) is 11.8. The van der Waals surface area contributed by atoms with E-state index in [-0.39, 0.29) is 0 Å². The van der Waals surface area contributed by atoms with Crippen molar-refractivity contribution in [2.24, 2.45) is 0 Å².